The maximum absolute atomic E-state index is 5.22. The van der Waals surface area contributed by atoms with E-state index in [4.69, 9.17) is 4.84 Å². The van der Waals surface area contributed by atoms with Crippen molar-refractivity contribution in [1.82, 2.24) is 0 Å². The van der Waals surface area contributed by atoms with Crippen molar-refractivity contribution >= 4 is 5.71 Å². The molecule has 0 atom stereocenters. The molecule has 0 aromatic heterocycles. The first kappa shape index (κ1) is 12.1. The molecule has 0 N–H and O–H groups in total. The Labute approximate surface area is 107 Å². The number of benzene rings is 2. The number of rotatable bonds is 5. The normalized spacial score (nSPS) is 9.56. The molecule has 0 saturated carbocycles. The molecule has 2 heteroatoms. The Hall–Kier alpha value is -2.35. The van der Waals surface area contributed by atoms with Crippen LogP contribution in [0.4, 0.5) is 0 Å². The second-order valence-electron chi connectivity index (χ2n) is 3.76. The van der Waals surface area contributed by atoms with Gasteiger partial charge in [-0.05, 0) is 0 Å². The molecule has 0 saturated heterocycles. The second kappa shape index (κ2) is 6.40. The topological polar surface area (TPSA) is 21.6 Å². The van der Waals surface area contributed by atoms with Crippen molar-refractivity contribution in [3.8, 4) is 0 Å². The Balaban J connectivity index is 2.35. The van der Waals surface area contributed by atoms with Crippen LogP contribution in [-0.4, -0.2) is 12.3 Å². The predicted molar refractivity (Wildman–Crippen MR) is 74.7 cm³/mol. The van der Waals surface area contributed by atoms with Crippen LogP contribution >= 0.6 is 0 Å². The van der Waals surface area contributed by atoms with Gasteiger partial charge in [-0.2, -0.15) is 0 Å². The van der Waals surface area contributed by atoms with Gasteiger partial charge in [-0.3, -0.25) is 0 Å². The molecule has 2 nitrogen and oxygen atoms in total. The van der Waals surface area contributed by atoms with Gasteiger partial charge < -0.3 is 4.84 Å². The summed E-state index contributed by atoms with van der Waals surface area (Å²) in [7, 11) is 0. The Bertz CT molecular complexity index is 476. The maximum atomic E-state index is 5.22. The van der Waals surface area contributed by atoms with Crippen molar-refractivity contribution in [2.75, 3.05) is 6.61 Å². The molecule has 0 aliphatic rings. The first-order valence-electron chi connectivity index (χ1n) is 5.83. The van der Waals surface area contributed by atoms with Crippen LogP contribution in [0.15, 0.2) is 78.5 Å². The van der Waals surface area contributed by atoms with E-state index >= 15 is 0 Å². The van der Waals surface area contributed by atoms with Gasteiger partial charge in [-0.1, -0.05) is 78.5 Å². The number of hydrogen-bond donors (Lipinski definition) is 0. The highest BCUT2D eigenvalue weighted by molar-refractivity contribution is 6.12. The molecule has 90 valence electrons. The molecule has 0 spiro atoms. The van der Waals surface area contributed by atoms with Gasteiger partial charge in [0, 0.05) is 11.1 Å². The molecule has 2 aromatic carbocycles. The highest BCUT2D eigenvalue weighted by atomic mass is 16.6. The lowest BCUT2D eigenvalue weighted by molar-refractivity contribution is 0.175. The van der Waals surface area contributed by atoms with Gasteiger partial charge in [0.1, 0.15) is 12.3 Å². The smallest absolute Gasteiger partial charge is 0.135 e. The maximum Gasteiger partial charge on any atom is 0.135 e. The first-order chi connectivity index (χ1) is 8.92. The van der Waals surface area contributed by atoms with Gasteiger partial charge >= 0.3 is 0 Å². The molecule has 0 radical (unpaired) electrons. The Kier molecular flexibility index (Phi) is 4.31. The third kappa shape index (κ3) is 3.08. The van der Waals surface area contributed by atoms with Crippen LogP contribution in [0.1, 0.15) is 11.1 Å². The first-order valence-corrected chi connectivity index (χ1v) is 5.83. The van der Waals surface area contributed by atoms with Gasteiger partial charge in [-0.25, -0.2) is 0 Å². The third-order valence-electron chi connectivity index (χ3n) is 2.44. The number of nitrogens with zero attached hydrogens (tertiary/aromatic N) is 1. The van der Waals surface area contributed by atoms with Crippen molar-refractivity contribution in [3.63, 3.8) is 0 Å². The summed E-state index contributed by atoms with van der Waals surface area (Å²) < 4.78 is 0. The fraction of sp³-hybridized carbons (Fsp3) is 0.0625. The molecule has 0 amide bonds. The van der Waals surface area contributed by atoms with E-state index in [1.165, 1.54) is 0 Å². The van der Waals surface area contributed by atoms with Crippen LogP contribution in [-0.2, 0) is 4.84 Å². The molecule has 0 aliphatic carbocycles. The highest BCUT2D eigenvalue weighted by Gasteiger charge is 2.06. The molecule has 0 unspecified atom stereocenters. The summed E-state index contributed by atoms with van der Waals surface area (Å²) >= 11 is 0. The van der Waals surface area contributed by atoms with Crippen molar-refractivity contribution in [3.05, 3.63) is 84.4 Å². The van der Waals surface area contributed by atoms with E-state index < -0.39 is 0 Å². The fourth-order valence-corrected chi connectivity index (χ4v) is 1.62. The van der Waals surface area contributed by atoms with Crippen molar-refractivity contribution in [1.29, 1.82) is 0 Å². The van der Waals surface area contributed by atoms with E-state index in [0.29, 0.717) is 6.61 Å². The van der Waals surface area contributed by atoms with E-state index in [1.807, 2.05) is 60.7 Å². The van der Waals surface area contributed by atoms with E-state index in [2.05, 4.69) is 11.7 Å². The molecule has 2 rings (SSSR count). The van der Waals surface area contributed by atoms with Gasteiger partial charge in [0.05, 0.1) is 0 Å². The average Bonchev–Trinajstić information content (AvgIpc) is 2.46. The minimum atomic E-state index is 0.406. The molecule has 0 heterocycles. The van der Waals surface area contributed by atoms with E-state index in [-0.39, 0.29) is 0 Å². The highest BCUT2D eigenvalue weighted by Crippen LogP contribution is 2.11. The minimum Gasteiger partial charge on any atom is -0.391 e. The zero-order chi connectivity index (χ0) is 12.6. The molecule has 2 aromatic rings. The van der Waals surface area contributed by atoms with Crippen LogP contribution in [0.3, 0.4) is 0 Å². The van der Waals surface area contributed by atoms with Gasteiger partial charge in [0.2, 0.25) is 0 Å². The monoisotopic (exact) mass is 237 g/mol. The SMILES string of the molecule is C=CCON=C(c1ccccc1)c1ccccc1. The lowest BCUT2D eigenvalue weighted by atomic mass is 10.0. The molecule has 18 heavy (non-hydrogen) atoms. The minimum absolute atomic E-state index is 0.406. The molecule has 0 aliphatic heterocycles. The summed E-state index contributed by atoms with van der Waals surface area (Å²) in [6, 6.07) is 20.0. The summed E-state index contributed by atoms with van der Waals surface area (Å²) in [5, 5.41) is 4.20. The van der Waals surface area contributed by atoms with E-state index in [9.17, 15) is 0 Å². The van der Waals surface area contributed by atoms with Crippen molar-refractivity contribution in [2.24, 2.45) is 5.16 Å². The molecule has 0 bridgehead atoms. The molecular formula is C16H15NO. The van der Waals surface area contributed by atoms with Gasteiger partial charge in [-0.15, -0.1) is 0 Å². The zero-order valence-electron chi connectivity index (χ0n) is 10.1. The number of oxime groups is 1. The van der Waals surface area contributed by atoms with E-state index in [0.717, 1.165) is 16.8 Å². The van der Waals surface area contributed by atoms with Crippen molar-refractivity contribution in [2.45, 2.75) is 0 Å². The summed E-state index contributed by atoms with van der Waals surface area (Å²) in [6.07, 6.45) is 1.68. The van der Waals surface area contributed by atoms with Crippen LogP contribution in [0, 0.1) is 0 Å². The zero-order valence-corrected chi connectivity index (χ0v) is 10.1. The van der Waals surface area contributed by atoms with E-state index in [1.54, 1.807) is 6.08 Å². The van der Waals surface area contributed by atoms with Crippen molar-refractivity contribution < 1.29 is 4.84 Å². The summed E-state index contributed by atoms with van der Waals surface area (Å²) in [5.41, 5.74) is 2.90. The number of hydrogen-bond acceptors (Lipinski definition) is 2. The lowest BCUT2D eigenvalue weighted by Crippen LogP contribution is -2.04. The predicted octanol–water partition coefficient (Wildman–Crippen LogP) is 3.64. The Morgan fingerprint density at radius 1 is 0.944 bits per heavy atom. The lowest BCUT2D eigenvalue weighted by Gasteiger charge is -2.06. The van der Waals surface area contributed by atoms with Crippen LogP contribution in [0.5, 0.6) is 0 Å². The summed E-state index contributed by atoms with van der Waals surface area (Å²) in [6.45, 7) is 4.01. The quantitative estimate of drug-likeness (QED) is 0.337. The summed E-state index contributed by atoms with van der Waals surface area (Å²) in [5.74, 6) is 0. The largest absolute Gasteiger partial charge is 0.391 e. The van der Waals surface area contributed by atoms with Crippen LogP contribution in [0.25, 0.3) is 0 Å². The third-order valence-corrected chi connectivity index (χ3v) is 2.44. The average molecular weight is 237 g/mol. The standard InChI is InChI=1S/C16H15NO/c1-2-13-18-17-16(14-9-5-3-6-10-14)15-11-7-4-8-12-15/h2-12H,1,13H2. The Morgan fingerprint density at radius 3 is 1.89 bits per heavy atom. The molecular weight excluding hydrogens is 222 g/mol. The van der Waals surface area contributed by atoms with Crippen LogP contribution in [0.2, 0.25) is 0 Å². The second-order valence-corrected chi connectivity index (χ2v) is 3.76. The molecule has 0 fully saturated rings. The van der Waals surface area contributed by atoms with Crippen LogP contribution < -0.4 is 0 Å². The Morgan fingerprint density at radius 2 is 1.44 bits per heavy atom. The van der Waals surface area contributed by atoms with Gasteiger partial charge in [0.15, 0.2) is 0 Å². The fourth-order valence-electron chi connectivity index (χ4n) is 1.62. The summed E-state index contributed by atoms with van der Waals surface area (Å²) in [4.78, 5) is 5.22. The van der Waals surface area contributed by atoms with Gasteiger partial charge in [0.25, 0.3) is 0 Å².